The van der Waals surface area contributed by atoms with Crippen molar-refractivity contribution < 1.29 is 9.53 Å². The van der Waals surface area contributed by atoms with E-state index in [0.717, 1.165) is 10.9 Å². The second kappa shape index (κ2) is 6.49. The monoisotopic (exact) mass is 303 g/mol. The van der Waals surface area contributed by atoms with Gasteiger partial charge in [-0.1, -0.05) is 30.4 Å². The molecule has 2 N–H and O–H groups in total. The number of ether oxygens (including phenoxy) is 1. The summed E-state index contributed by atoms with van der Waals surface area (Å²) >= 11 is 5.11. The van der Waals surface area contributed by atoms with Crippen molar-refractivity contribution in [3.63, 3.8) is 0 Å². The van der Waals surface area contributed by atoms with Gasteiger partial charge in [-0.3, -0.25) is 4.79 Å². The van der Waals surface area contributed by atoms with Crippen LogP contribution in [0.2, 0.25) is 0 Å². The molecule has 5 nitrogen and oxygen atoms in total. The molecule has 1 heterocycles. The molecule has 0 spiro atoms. The first-order valence-electron chi connectivity index (χ1n) is 6.50. The average Bonchev–Trinajstić information content (AvgIpc) is 2.50. The molecule has 1 aromatic heterocycles. The predicted molar refractivity (Wildman–Crippen MR) is 87.5 cm³/mol. The summed E-state index contributed by atoms with van der Waals surface area (Å²) in [6.07, 6.45) is 0.276. The fourth-order valence-electron chi connectivity index (χ4n) is 2.05. The molecule has 2 rings (SSSR count). The summed E-state index contributed by atoms with van der Waals surface area (Å²) < 4.78 is 4.65. The summed E-state index contributed by atoms with van der Waals surface area (Å²) in [4.78, 5) is 18.0. The molecule has 6 heteroatoms. The van der Waals surface area contributed by atoms with Gasteiger partial charge in [0.25, 0.3) is 0 Å². The number of rotatable bonds is 5. The van der Waals surface area contributed by atoms with E-state index in [1.165, 1.54) is 7.11 Å². The Labute approximate surface area is 128 Å². The Morgan fingerprint density at radius 1 is 1.43 bits per heavy atom. The molecule has 1 aromatic carbocycles. The number of anilines is 1. The minimum atomic E-state index is -0.264. The third kappa shape index (κ3) is 3.46. The topological polar surface area (TPSA) is 68.5 Å². The smallest absolute Gasteiger partial charge is 0.307 e. The van der Waals surface area contributed by atoms with Gasteiger partial charge in [-0.15, -0.1) is 0 Å². The minimum Gasteiger partial charge on any atom is -0.469 e. The van der Waals surface area contributed by atoms with Crippen LogP contribution < -0.4 is 10.6 Å². The number of hydrogen-bond donors (Lipinski definition) is 1. The average molecular weight is 303 g/mol. The Hall–Kier alpha value is -2.21. The van der Waals surface area contributed by atoms with Crippen molar-refractivity contribution in [1.29, 1.82) is 0 Å². The van der Waals surface area contributed by atoms with Gasteiger partial charge in [0.05, 0.1) is 24.6 Å². The van der Waals surface area contributed by atoms with Crippen LogP contribution in [0.25, 0.3) is 10.9 Å². The normalized spacial score (nSPS) is 10.4. The molecule has 21 heavy (non-hydrogen) atoms. The molecule has 0 saturated heterocycles. The van der Waals surface area contributed by atoms with Crippen LogP contribution in [-0.2, 0) is 9.53 Å². The number of para-hydroxylation sites is 1. The zero-order valence-corrected chi connectivity index (χ0v) is 12.8. The number of benzene rings is 1. The van der Waals surface area contributed by atoms with E-state index >= 15 is 0 Å². The van der Waals surface area contributed by atoms with Crippen LogP contribution in [0.15, 0.2) is 30.3 Å². The highest BCUT2D eigenvalue weighted by atomic mass is 32.1. The van der Waals surface area contributed by atoms with E-state index in [1.54, 1.807) is 0 Å². The highest BCUT2D eigenvalue weighted by molar-refractivity contribution is 7.80. The number of thiocarbonyl (C=S) groups is 1. The highest BCUT2D eigenvalue weighted by Crippen LogP contribution is 2.23. The van der Waals surface area contributed by atoms with E-state index in [-0.39, 0.29) is 17.4 Å². The van der Waals surface area contributed by atoms with E-state index < -0.39 is 0 Å². The Kier molecular flexibility index (Phi) is 4.70. The number of methoxy groups -OCH3 is 1. The molecule has 0 aliphatic carbocycles. The lowest BCUT2D eigenvalue weighted by Crippen LogP contribution is -2.26. The van der Waals surface area contributed by atoms with Crippen LogP contribution in [-0.4, -0.2) is 36.6 Å². The van der Waals surface area contributed by atoms with E-state index in [4.69, 9.17) is 18.0 Å². The van der Waals surface area contributed by atoms with Crippen molar-refractivity contribution in [3.8, 4) is 0 Å². The lowest BCUT2D eigenvalue weighted by molar-refractivity contribution is -0.140. The maximum absolute atomic E-state index is 11.3. The first kappa shape index (κ1) is 15.2. The van der Waals surface area contributed by atoms with Crippen molar-refractivity contribution in [2.75, 3.05) is 25.6 Å². The Morgan fingerprint density at radius 2 is 2.14 bits per heavy atom. The predicted octanol–water partition coefficient (Wildman–Crippen LogP) is 1.87. The number of nitrogens with zero attached hydrogens (tertiary/aromatic N) is 2. The number of fused-ring (bicyclic) bond motifs is 1. The van der Waals surface area contributed by atoms with Crippen LogP contribution in [0.3, 0.4) is 0 Å². The molecular weight excluding hydrogens is 286 g/mol. The highest BCUT2D eigenvalue weighted by Gasteiger charge is 2.14. The second-order valence-corrected chi connectivity index (χ2v) is 5.10. The van der Waals surface area contributed by atoms with Crippen molar-refractivity contribution in [3.05, 3.63) is 35.9 Å². The van der Waals surface area contributed by atoms with Gasteiger partial charge in [0.15, 0.2) is 0 Å². The second-order valence-electron chi connectivity index (χ2n) is 4.66. The molecule has 0 bridgehead atoms. The largest absolute Gasteiger partial charge is 0.469 e. The zero-order chi connectivity index (χ0) is 15.4. The van der Waals surface area contributed by atoms with Crippen molar-refractivity contribution >= 4 is 39.9 Å². The number of carbonyl (C=O) groups excluding carboxylic acids is 1. The molecule has 110 valence electrons. The van der Waals surface area contributed by atoms with Gasteiger partial charge < -0.3 is 15.4 Å². The molecule has 0 unspecified atom stereocenters. The van der Waals surface area contributed by atoms with Crippen LogP contribution in [0.1, 0.15) is 12.0 Å². The van der Waals surface area contributed by atoms with Crippen molar-refractivity contribution in [2.45, 2.75) is 6.42 Å². The van der Waals surface area contributed by atoms with Crippen LogP contribution in [0.4, 0.5) is 5.82 Å². The number of pyridine rings is 1. The van der Waals surface area contributed by atoms with Gasteiger partial charge in [0.2, 0.25) is 0 Å². The van der Waals surface area contributed by atoms with Crippen molar-refractivity contribution in [2.24, 2.45) is 5.73 Å². The Bertz CT molecular complexity index is 688. The van der Waals surface area contributed by atoms with E-state index in [9.17, 15) is 4.79 Å². The molecule has 0 atom stereocenters. The van der Waals surface area contributed by atoms with Gasteiger partial charge >= 0.3 is 5.97 Å². The quantitative estimate of drug-likeness (QED) is 0.672. The first-order valence-corrected chi connectivity index (χ1v) is 6.91. The molecular formula is C15H17N3O2S. The lowest BCUT2D eigenvalue weighted by atomic mass is 10.1. The fraction of sp³-hybridized carbons (Fsp3) is 0.267. The number of hydrogen-bond acceptors (Lipinski definition) is 5. The van der Waals surface area contributed by atoms with Gasteiger partial charge in [0.1, 0.15) is 10.8 Å². The summed E-state index contributed by atoms with van der Waals surface area (Å²) in [7, 11) is 3.22. The molecule has 0 radical (unpaired) electrons. The third-order valence-corrected chi connectivity index (χ3v) is 3.43. The number of nitrogens with two attached hydrogens (primary N) is 1. The van der Waals surface area contributed by atoms with Gasteiger partial charge in [-0.25, -0.2) is 4.98 Å². The lowest BCUT2D eigenvalue weighted by Gasteiger charge is -2.21. The standard InChI is InChI=1S/C15H17N3O2S/c1-18(8-7-13(19)20-2)15-11(14(16)21)9-10-5-3-4-6-12(10)17-15/h3-6,9H,7-8H2,1-2H3,(H2,16,21). The molecule has 0 aliphatic rings. The summed E-state index contributed by atoms with van der Waals surface area (Å²) in [6, 6.07) is 9.68. The third-order valence-electron chi connectivity index (χ3n) is 3.21. The SMILES string of the molecule is COC(=O)CCN(C)c1nc2ccccc2cc1C(N)=S. The molecule has 0 aliphatic heterocycles. The molecule has 0 amide bonds. The van der Waals surface area contributed by atoms with Gasteiger partial charge in [-0.05, 0) is 12.1 Å². The van der Waals surface area contributed by atoms with E-state index in [2.05, 4.69) is 9.72 Å². The molecule has 0 saturated carbocycles. The zero-order valence-electron chi connectivity index (χ0n) is 12.0. The maximum atomic E-state index is 11.3. The number of esters is 1. The first-order chi connectivity index (χ1) is 10.0. The Balaban J connectivity index is 2.38. The number of carbonyl (C=O) groups is 1. The van der Waals surface area contributed by atoms with Crippen LogP contribution in [0, 0.1) is 0 Å². The van der Waals surface area contributed by atoms with E-state index in [0.29, 0.717) is 17.9 Å². The molecule has 0 fully saturated rings. The molecule has 2 aromatic rings. The summed E-state index contributed by atoms with van der Waals surface area (Å²) in [6.45, 7) is 0.480. The fourth-order valence-corrected chi connectivity index (χ4v) is 2.20. The van der Waals surface area contributed by atoms with Crippen LogP contribution in [0.5, 0.6) is 0 Å². The summed E-state index contributed by atoms with van der Waals surface area (Å²) in [5, 5.41) is 0.977. The van der Waals surface area contributed by atoms with Crippen LogP contribution >= 0.6 is 12.2 Å². The maximum Gasteiger partial charge on any atom is 0.307 e. The van der Waals surface area contributed by atoms with Crippen molar-refractivity contribution in [1.82, 2.24) is 4.98 Å². The summed E-state index contributed by atoms with van der Waals surface area (Å²) in [5.74, 6) is 0.407. The van der Waals surface area contributed by atoms with Gasteiger partial charge in [-0.2, -0.15) is 0 Å². The van der Waals surface area contributed by atoms with Gasteiger partial charge in [0, 0.05) is 19.0 Å². The van der Waals surface area contributed by atoms with E-state index in [1.807, 2.05) is 42.3 Å². The minimum absolute atomic E-state index is 0.264. The number of aromatic nitrogens is 1. The summed E-state index contributed by atoms with van der Waals surface area (Å²) in [5.41, 5.74) is 7.36. The Morgan fingerprint density at radius 3 is 2.81 bits per heavy atom.